The van der Waals surface area contributed by atoms with Crippen LogP contribution in [0.5, 0.6) is 5.75 Å². The van der Waals surface area contributed by atoms with Gasteiger partial charge in [-0.3, -0.25) is 0 Å². The molecule has 1 aromatic rings. The predicted molar refractivity (Wildman–Crippen MR) is 52.4 cm³/mol. The molecule has 0 spiro atoms. The number of benzene rings is 1. The molecule has 0 heterocycles. The Bertz CT molecular complexity index is 250. The molecule has 0 fully saturated rings. The van der Waals surface area contributed by atoms with Crippen LogP contribution < -0.4 is 4.74 Å². The molecule has 0 aromatic heterocycles. The van der Waals surface area contributed by atoms with Gasteiger partial charge >= 0.3 is 0 Å². The van der Waals surface area contributed by atoms with Crippen molar-refractivity contribution < 1.29 is 4.74 Å². The van der Waals surface area contributed by atoms with Crippen molar-refractivity contribution in [3.8, 4) is 5.75 Å². The zero-order valence-corrected chi connectivity index (χ0v) is 8.15. The first-order valence-electron chi connectivity index (χ1n) is 3.35. The maximum Gasteiger partial charge on any atom is 0.165 e. The van der Waals surface area contributed by atoms with E-state index in [0.29, 0.717) is 7.36 Å². The van der Waals surface area contributed by atoms with Crippen LogP contribution in [0.4, 0.5) is 0 Å². The standard InChI is InChI=1S/C8H9OPS/c1-9-8-5-3-2-4-7(8)6-10-11/h2-5H,6H2,1H3/p+1. The Balaban J connectivity index is 2.92. The first-order chi connectivity index (χ1) is 5.38. The minimum Gasteiger partial charge on any atom is -0.496 e. The van der Waals surface area contributed by atoms with Crippen LogP contribution in [-0.2, 0) is 18.0 Å². The molecule has 11 heavy (non-hydrogen) atoms. The Morgan fingerprint density at radius 1 is 1.45 bits per heavy atom. The van der Waals surface area contributed by atoms with Crippen molar-refractivity contribution in [2.75, 3.05) is 7.11 Å². The van der Waals surface area contributed by atoms with Crippen molar-refractivity contribution in [2.24, 2.45) is 0 Å². The smallest absolute Gasteiger partial charge is 0.165 e. The van der Waals surface area contributed by atoms with Gasteiger partial charge in [0.1, 0.15) is 11.9 Å². The fourth-order valence-corrected chi connectivity index (χ4v) is 1.84. The number of hydrogen-bond donors (Lipinski definition) is 0. The largest absolute Gasteiger partial charge is 0.496 e. The van der Waals surface area contributed by atoms with E-state index in [2.05, 4.69) is 6.07 Å². The summed E-state index contributed by atoms with van der Waals surface area (Å²) in [4.78, 5) is 0. The summed E-state index contributed by atoms with van der Waals surface area (Å²) in [7, 11) is 2.22. The summed E-state index contributed by atoms with van der Waals surface area (Å²) < 4.78 is 5.16. The molecule has 0 bridgehead atoms. The van der Waals surface area contributed by atoms with Gasteiger partial charge in [-0.2, -0.15) is 0 Å². The molecule has 1 rings (SSSR count). The normalized spacial score (nSPS) is 9.91. The summed E-state index contributed by atoms with van der Waals surface area (Å²) in [5, 5.41) is 0. The highest BCUT2D eigenvalue weighted by atomic mass is 32.4. The van der Waals surface area contributed by atoms with E-state index in [0.717, 1.165) is 11.9 Å². The fourth-order valence-electron chi connectivity index (χ4n) is 0.927. The van der Waals surface area contributed by atoms with Crippen LogP contribution in [0, 0.1) is 0 Å². The molecule has 0 aliphatic rings. The van der Waals surface area contributed by atoms with E-state index < -0.39 is 0 Å². The molecule has 0 saturated heterocycles. The Morgan fingerprint density at radius 3 is 2.82 bits per heavy atom. The third-order valence-corrected chi connectivity index (χ3v) is 2.41. The van der Waals surface area contributed by atoms with Crippen molar-refractivity contribution in [1.82, 2.24) is 0 Å². The SMILES string of the molecule is COc1ccccc1C[PH+]=S. The van der Waals surface area contributed by atoms with E-state index in [4.69, 9.17) is 16.5 Å². The van der Waals surface area contributed by atoms with Crippen LogP contribution in [0.1, 0.15) is 5.56 Å². The lowest BCUT2D eigenvalue weighted by Gasteiger charge is -2.01. The predicted octanol–water partition coefficient (Wildman–Crippen LogP) is 2.34. The molecule has 1 nitrogen and oxygen atoms in total. The second-order valence-corrected chi connectivity index (χ2v) is 3.64. The zero-order valence-electron chi connectivity index (χ0n) is 6.33. The molecule has 0 aliphatic carbocycles. The molecule has 1 aromatic carbocycles. The molecular formula is C8H10OPS+. The minimum atomic E-state index is 0.538. The van der Waals surface area contributed by atoms with Crippen molar-refractivity contribution in [3.63, 3.8) is 0 Å². The van der Waals surface area contributed by atoms with Gasteiger partial charge in [-0.25, -0.2) is 0 Å². The number of para-hydroxylation sites is 1. The molecule has 0 radical (unpaired) electrons. The van der Waals surface area contributed by atoms with Gasteiger partial charge in [-0.05, 0) is 6.07 Å². The maximum absolute atomic E-state index is 5.16. The summed E-state index contributed by atoms with van der Waals surface area (Å²) in [5.41, 5.74) is 1.21. The number of hydrogen-bond acceptors (Lipinski definition) is 2. The molecule has 0 amide bonds. The Morgan fingerprint density at radius 2 is 2.18 bits per heavy atom. The molecule has 1 atom stereocenters. The average Bonchev–Trinajstić information content (AvgIpc) is 2.06. The first-order valence-corrected chi connectivity index (χ1v) is 5.69. The lowest BCUT2D eigenvalue weighted by atomic mass is 10.2. The molecule has 1 unspecified atom stereocenters. The van der Waals surface area contributed by atoms with Gasteiger partial charge in [0, 0.05) is 5.56 Å². The second-order valence-electron chi connectivity index (χ2n) is 2.13. The average molecular weight is 185 g/mol. The van der Waals surface area contributed by atoms with Crippen LogP contribution in [0.3, 0.4) is 0 Å². The van der Waals surface area contributed by atoms with Crippen molar-refractivity contribution in [2.45, 2.75) is 6.16 Å². The fraction of sp³-hybridized carbons (Fsp3) is 0.250. The molecule has 0 N–H and O–H groups in total. The van der Waals surface area contributed by atoms with Crippen molar-refractivity contribution >= 4 is 19.2 Å². The van der Waals surface area contributed by atoms with Crippen molar-refractivity contribution in [3.05, 3.63) is 29.8 Å². The topological polar surface area (TPSA) is 9.23 Å². The summed E-state index contributed by atoms with van der Waals surface area (Å²) in [5.74, 6) is 0.949. The quantitative estimate of drug-likeness (QED) is 0.668. The molecule has 58 valence electrons. The first kappa shape index (κ1) is 8.63. The van der Waals surface area contributed by atoms with Crippen LogP contribution >= 0.6 is 7.36 Å². The number of methoxy groups -OCH3 is 1. The molecular weight excluding hydrogens is 175 g/mol. The minimum absolute atomic E-state index is 0.538. The van der Waals surface area contributed by atoms with Gasteiger partial charge in [0.15, 0.2) is 19.2 Å². The van der Waals surface area contributed by atoms with Gasteiger partial charge in [-0.1, -0.05) is 18.2 Å². The molecule has 0 aliphatic heterocycles. The van der Waals surface area contributed by atoms with E-state index in [-0.39, 0.29) is 0 Å². The summed E-state index contributed by atoms with van der Waals surface area (Å²) in [6.07, 6.45) is 0.944. The second kappa shape index (κ2) is 4.42. The molecule has 0 saturated carbocycles. The highest BCUT2D eigenvalue weighted by molar-refractivity contribution is 7.96. The van der Waals surface area contributed by atoms with E-state index in [1.165, 1.54) is 5.56 Å². The zero-order chi connectivity index (χ0) is 8.10. The number of ether oxygens (including phenoxy) is 1. The van der Waals surface area contributed by atoms with E-state index >= 15 is 0 Å². The maximum atomic E-state index is 5.16. The lowest BCUT2D eigenvalue weighted by Crippen LogP contribution is -1.87. The molecule has 3 heteroatoms. The van der Waals surface area contributed by atoms with Gasteiger partial charge in [0.05, 0.1) is 7.11 Å². The van der Waals surface area contributed by atoms with Gasteiger partial charge < -0.3 is 4.74 Å². The van der Waals surface area contributed by atoms with Gasteiger partial charge in [0.2, 0.25) is 0 Å². The summed E-state index contributed by atoms with van der Waals surface area (Å²) >= 11 is 4.91. The van der Waals surface area contributed by atoms with Crippen LogP contribution in [0.2, 0.25) is 0 Å². The van der Waals surface area contributed by atoms with Crippen molar-refractivity contribution in [1.29, 1.82) is 0 Å². The number of rotatable bonds is 3. The highest BCUT2D eigenvalue weighted by Crippen LogP contribution is 2.21. The van der Waals surface area contributed by atoms with E-state index in [1.807, 2.05) is 18.2 Å². The third kappa shape index (κ3) is 2.25. The summed E-state index contributed by atoms with van der Waals surface area (Å²) in [6, 6.07) is 7.99. The van der Waals surface area contributed by atoms with Gasteiger partial charge in [-0.15, -0.1) is 0 Å². The van der Waals surface area contributed by atoms with Crippen LogP contribution in [-0.4, -0.2) is 7.11 Å². The van der Waals surface area contributed by atoms with Gasteiger partial charge in [0.25, 0.3) is 0 Å². The monoisotopic (exact) mass is 185 g/mol. The van der Waals surface area contributed by atoms with E-state index in [1.54, 1.807) is 7.11 Å². The van der Waals surface area contributed by atoms with Crippen LogP contribution in [0.15, 0.2) is 24.3 Å². The Kier molecular flexibility index (Phi) is 3.47. The van der Waals surface area contributed by atoms with Crippen LogP contribution in [0.25, 0.3) is 0 Å². The third-order valence-electron chi connectivity index (χ3n) is 1.46. The Hall–Kier alpha value is -0.460. The summed E-state index contributed by atoms with van der Waals surface area (Å²) in [6.45, 7) is 0. The highest BCUT2D eigenvalue weighted by Gasteiger charge is 2.01. The lowest BCUT2D eigenvalue weighted by molar-refractivity contribution is 0.411. The van der Waals surface area contributed by atoms with E-state index in [9.17, 15) is 0 Å². The Labute approximate surface area is 73.2 Å².